The Balaban J connectivity index is 1.50. The van der Waals surface area contributed by atoms with Gasteiger partial charge in [-0.25, -0.2) is 0 Å². The Morgan fingerprint density at radius 1 is 1.29 bits per heavy atom. The third-order valence-electron chi connectivity index (χ3n) is 3.23. The molecule has 2 fully saturated rings. The largest absolute Gasteiger partial charge is 0.396 e. The number of hydrogen-bond acceptors (Lipinski definition) is 3. The number of aliphatic hydroxyl groups excluding tert-OH is 1. The Labute approximate surface area is 85.4 Å². The van der Waals surface area contributed by atoms with E-state index < -0.39 is 0 Å². The van der Waals surface area contributed by atoms with E-state index in [4.69, 9.17) is 14.6 Å². The molecule has 0 aromatic carbocycles. The molecule has 0 amide bonds. The maximum absolute atomic E-state index is 8.86. The molecule has 2 rings (SSSR count). The average molecular weight is 200 g/mol. The predicted molar refractivity (Wildman–Crippen MR) is 52.8 cm³/mol. The molecule has 1 N–H and O–H groups in total. The Bertz CT molecular complexity index is 166. The highest BCUT2D eigenvalue weighted by Gasteiger charge is 2.35. The van der Waals surface area contributed by atoms with Gasteiger partial charge in [0, 0.05) is 13.2 Å². The monoisotopic (exact) mass is 200 g/mol. The lowest BCUT2D eigenvalue weighted by Gasteiger charge is -2.22. The molecule has 3 nitrogen and oxygen atoms in total. The number of ether oxygens (including phenoxy) is 2. The van der Waals surface area contributed by atoms with E-state index in [9.17, 15) is 0 Å². The lowest BCUT2D eigenvalue weighted by atomic mass is 10.2. The third-order valence-corrected chi connectivity index (χ3v) is 3.23. The van der Waals surface area contributed by atoms with Crippen LogP contribution in [0.4, 0.5) is 0 Å². The van der Waals surface area contributed by atoms with Crippen LogP contribution in [-0.4, -0.2) is 31.2 Å². The summed E-state index contributed by atoms with van der Waals surface area (Å²) in [5, 5.41) is 8.86. The van der Waals surface area contributed by atoms with E-state index in [1.165, 1.54) is 19.3 Å². The van der Waals surface area contributed by atoms with Crippen molar-refractivity contribution in [1.82, 2.24) is 0 Å². The molecule has 0 aromatic rings. The fourth-order valence-corrected chi connectivity index (χ4v) is 2.08. The molecule has 3 heteroatoms. The maximum atomic E-state index is 8.86. The fraction of sp³-hybridized carbons (Fsp3) is 1.00. The summed E-state index contributed by atoms with van der Waals surface area (Å²) in [7, 11) is 0. The smallest absolute Gasteiger partial charge is 0.157 e. The molecule has 3 atom stereocenters. The second kappa shape index (κ2) is 5.10. The Kier molecular flexibility index (Phi) is 3.79. The predicted octanol–water partition coefficient (Wildman–Crippen LogP) is 1.55. The van der Waals surface area contributed by atoms with Crippen LogP contribution in [0.1, 0.15) is 32.1 Å². The molecule has 0 bridgehead atoms. The average Bonchev–Trinajstić information content (AvgIpc) is 2.98. The maximum Gasteiger partial charge on any atom is 0.157 e. The van der Waals surface area contributed by atoms with Crippen molar-refractivity contribution in [2.45, 2.75) is 38.4 Å². The first-order valence-electron chi connectivity index (χ1n) is 5.74. The van der Waals surface area contributed by atoms with Crippen LogP contribution in [0, 0.1) is 11.8 Å². The minimum atomic E-state index is 0.0510. The number of rotatable bonds is 5. The van der Waals surface area contributed by atoms with Gasteiger partial charge in [0.2, 0.25) is 0 Å². The molecule has 82 valence electrons. The lowest BCUT2D eigenvalue weighted by molar-refractivity contribution is -0.163. The summed E-state index contributed by atoms with van der Waals surface area (Å²) in [4.78, 5) is 0. The van der Waals surface area contributed by atoms with Gasteiger partial charge in [-0.1, -0.05) is 0 Å². The van der Waals surface area contributed by atoms with E-state index in [0.29, 0.717) is 18.4 Å². The highest BCUT2D eigenvalue weighted by atomic mass is 16.7. The number of aliphatic hydroxyl groups is 1. The summed E-state index contributed by atoms with van der Waals surface area (Å²) in [5.41, 5.74) is 0. The van der Waals surface area contributed by atoms with Crippen molar-refractivity contribution in [1.29, 1.82) is 0 Å². The summed E-state index contributed by atoms with van der Waals surface area (Å²) in [5.74, 6) is 1.27. The van der Waals surface area contributed by atoms with Crippen LogP contribution in [-0.2, 0) is 9.47 Å². The van der Waals surface area contributed by atoms with Crippen molar-refractivity contribution in [3.8, 4) is 0 Å². The molecule has 3 unspecified atom stereocenters. The number of hydrogen-bond donors (Lipinski definition) is 1. The van der Waals surface area contributed by atoms with Crippen LogP contribution in [0.15, 0.2) is 0 Å². The molecule has 0 aromatic heterocycles. The SMILES string of the molecule is OCC1CC1CCOC1CCCCO1. The highest BCUT2D eigenvalue weighted by molar-refractivity contribution is 4.85. The van der Waals surface area contributed by atoms with E-state index in [1.54, 1.807) is 0 Å². The van der Waals surface area contributed by atoms with Crippen LogP contribution in [0.25, 0.3) is 0 Å². The quantitative estimate of drug-likeness (QED) is 0.731. The van der Waals surface area contributed by atoms with E-state index in [0.717, 1.165) is 26.1 Å². The molecular weight excluding hydrogens is 180 g/mol. The lowest BCUT2D eigenvalue weighted by Crippen LogP contribution is -2.22. The molecule has 1 saturated heterocycles. The van der Waals surface area contributed by atoms with Gasteiger partial charge in [0.15, 0.2) is 6.29 Å². The van der Waals surface area contributed by atoms with E-state index in [1.807, 2.05) is 0 Å². The Morgan fingerprint density at radius 2 is 2.21 bits per heavy atom. The van der Waals surface area contributed by atoms with E-state index in [2.05, 4.69) is 0 Å². The zero-order valence-electron chi connectivity index (χ0n) is 8.65. The Hall–Kier alpha value is -0.120. The molecule has 2 aliphatic rings. The van der Waals surface area contributed by atoms with Gasteiger partial charge in [-0.15, -0.1) is 0 Å². The van der Waals surface area contributed by atoms with Crippen LogP contribution in [0.5, 0.6) is 0 Å². The molecule has 1 heterocycles. The summed E-state index contributed by atoms with van der Waals surface area (Å²) in [6, 6.07) is 0. The molecule has 0 radical (unpaired) electrons. The topological polar surface area (TPSA) is 38.7 Å². The van der Waals surface area contributed by atoms with Crippen LogP contribution >= 0.6 is 0 Å². The van der Waals surface area contributed by atoms with Gasteiger partial charge in [-0.05, 0) is 43.9 Å². The van der Waals surface area contributed by atoms with E-state index in [-0.39, 0.29) is 6.29 Å². The molecule has 1 aliphatic carbocycles. The van der Waals surface area contributed by atoms with Gasteiger partial charge in [0.25, 0.3) is 0 Å². The zero-order chi connectivity index (χ0) is 9.80. The minimum Gasteiger partial charge on any atom is -0.396 e. The standard InChI is InChI=1S/C11H20O3/c12-8-10-7-9(10)4-6-14-11-3-1-2-5-13-11/h9-12H,1-8H2. The van der Waals surface area contributed by atoms with Gasteiger partial charge in [0.1, 0.15) is 0 Å². The normalized spacial score (nSPS) is 37.1. The first kappa shape index (κ1) is 10.4. The summed E-state index contributed by atoms with van der Waals surface area (Å²) >= 11 is 0. The second-order valence-corrected chi connectivity index (χ2v) is 4.39. The van der Waals surface area contributed by atoms with Gasteiger partial charge < -0.3 is 14.6 Å². The second-order valence-electron chi connectivity index (χ2n) is 4.39. The van der Waals surface area contributed by atoms with Crippen molar-refractivity contribution < 1.29 is 14.6 Å². The van der Waals surface area contributed by atoms with Crippen molar-refractivity contribution in [3.05, 3.63) is 0 Å². The summed E-state index contributed by atoms with van der Waals surface area (Å²) in [6.07, 6.45) is 5.78. The first-order valence-corrected chi connectivity index (χ1v) is 5.74. The van der Waals surface area contributed by atoms with Gasteiger partial charge in [-0.2, -0.15) is 0 Å². The molecular formula is C11H20O3. The molecule has 1 saturated carbocycles. The van der Waals surface area contributed by atoms with Gasteiger partial charge in [0.05, 0.1) is 6.61 Å². The fourth-order valence-electron chi connectivity index (χ4n) is 2.08. The summed E-state index contributed by atoms with van der Waals surface area (Å²) < 4.78 is 11.1. The van der Waals surface area contributed by atoms with Crippen LogP contribution < -0.4 is 0 Å². The Morgan fingerprint density at radius 3 is 2.86 bits per heavy atom. The van der Waals surface area contributed by atoms with Gasteiger partial charge >= 0.3 is 0 Å². The molecule has 0 spiro atoms. The van der Waals surface area contributed by atoms with Crippen LogP contribution in [0.3, 0.4) is 0 Å². The molecule has 14 heavy (non-hydrogen) atoms. The van der Waals surface area contributed by atoms with Crippen molar-refractivity contribution in [2.24, 2.45) is 11.8 Å². The van der Waals surface area contributed by atoms with Crippen molar-refractivity contribution >= 4 is 0 Å². The third kappa shape index (κ3) is 2.94. The highest BCUT2D eigenvalue weighted by Crippen LogP contribution is 2.40. The van der Waals surface area contributed by atoms with Crippen LogP contribution in [0.2, 0.25) is 0 Å². The van der Waals surface area contributed by atoms with Crippen molar-refractivity contribution in [2.75, 3.05) is 19.8 Å². The zero-order valence-corrected chi connectivity index (χ0v) is 8.65. The van der Waals surface area contributed by atoms with Crippen molar-refractivity contribution in [3.63, 3.8) is 0 Å². The summed E-state index contributed by atoms with van der Waals surface area (Å²) in [6.45, 7) is 2.00. The van der Waals surface area contributed by atoms with E-state index >= 15 is 0 Å². The minimum absolute atomic E-state index is 0.0510. The molecule has 1 aliphatic heterocycles. The first-order chi connectivity index (χ1) is 6.90. The van der Waals surface area contributed by atoms with Gasteiger partial charge in [-0.3, -0.25) is 0 Å².